The quantitative estimate of drug-likeness (QED) is 0.532. The number of hydrogen-bond acceptors (Lipinski definition) is 7. The SMILES string of the molecule is COC(=O)c1ccc(S(=O)(=O)N2CCC(Oc3nc4c(F)cc(F)cc4s3)CC2)cc1. The molecule has 2 aromatic carbocycles. The molecule has 0 N–H and O–H groups in total. The summed E-state index contributed by atoms with van der Waals surface area (Å²) in [4.78, 5) is 15.7. The Morgan fingerprint density at radius 2 is 1.84 bits per heavy atom. The van der Waals surface area contributed by atoms with E-state index in [4.69, 9.17) is 4.74 Å². The second-order valence-corrected chi connectivity index (χ2v) is 9.88. The minimum atomic E-state index is -3.72. The zero-order chi connectivity index (χ0) is 22.2. The third-order valence-electron chi connectivity index (χ3n) is 4.98. The van der Waals surface area contributed by atoms with Crippen molar-refractivity contribution in [3.63, 3.8) is 0 Å². The molecule has 2 heterocycles. The Morgan fingerprint density at radius 3 is 2.48 bits per heavy atom. The van der Waals surface area contributed by atoms with Gasteiger partial charge in [0, 0.05) is 19.2 Å². The van der Waals surface area contributed by atoms with Crippen LogP contribution in [0.4, 0.5) is 8.78 Å². The highest BCUT2D eigenvalue weighted by Crippen LogP contribution is 2.32. The summed E-state index contributed by atoms with van der Waals surface area (Å²) >= 11 is 1.04. The van der Waals surface area contributed by atoms with Gasteiger partial charge in [0.2, 0.25) is 10.0 Å². The molecule has 0 aliphatic carbocycles. The second kappa shape index (κ2) is 8.48. The number of esters is 1. The predicted molar refractivity (Wildman–Crippen MR) is 110 cm³/mol. The lowest BCUT2D eigenvalue weighted by atomic mass is 10.1. The molecule has 31 heavy (non-hydrogen) atoms. The summed E-state index contributed by atoms with van der Waals surface area (Å²) in [5.74, 6) is -1.97. The summed E-state index contributed by atoms with van der Waals surface area (Å²) in [5.41, 5.74) is 0.317. The largest absolute Gasteiger partial charge is 0.467 e. The minimum absolute atomic E-state index is 0.0526. The number of thiazole rings is 1. The first kappa shape index (κ1) is 21.6. The topological polar surface area (TPSA) is 85.8 Å². The molecule has 11 heteroatoms. The maximum atomic E-state index is 13.8. The van der Waals surface area contributed by atoms with Crippen molar-refractivity contribution in [2.45, 2.75) is 23.8 Å². The number of fused-ring (bicyclic) bond motifs is 1. The summed E-state index contributed by atoms with van der Waals surface area (Å²) in [7, 11) is -2.46. The molecule has 7 nitrogen and oxygen atoms in total. The van der Waals surface area contributed by atoms with Gasteiger partial charge in [-0.3, -0.25) is 0 Å². The van der Waals surface area contributed by atoms with E-state index in [1.807, 2.05) is 0 Å². The smallest absolute Gasteiger partial charge is 0.337 e. The Hall–Kier alpha value is -2.63. The van der Waals surface area contributed by atoms with Crippen molar-refractivity contribution in [1.29, 1.82) is 0 Å². The van der Waals surface area contributed by atoms with Crippen LogP contribution in [-0.2, 0) is 14.8 Å². The Balaban J connectivity index is 1.41. The summed E-state index contributed by atoms with van der Waals surface area (Å²) < 4.78 is 65.0. The van der Waals surface area contributed by atoms with Gasteiger partial charge in [0.15, 0.2) is 5.82 Å². The number of rotatable bonds is 5. The highest BCUT2D eigenvalue weighted by atomic mass is 32.2. The lowest BCUT2D eigenvalue weighted by Crippen LogP contribution is -2.41. The van der Waals surface area contributed by atoms with E-state index in [0.717, 1.165) is 17.4 Å². The van der Waals surface area contributed by atoms with Crippen LogP contribution < -0.4 is 4.74 Å². The van der Waals surface area contributed by atoms with Gasteiger partial charge >= 0.3 is 5.97 Å². The van der Waals surface area contributed by atoms with Gasteiger partial charge in [0.05, 0.1) is 22.3 Å². The fourth-order valence-corrected chi connectivity index (χ4v) is 5.74. The van der Waals surface area contributed by atoms with Crippen LogP contribution in [0.25, 0.3) is 10.2 Å². The fraction of sp³-hybridized carbons (Fsp3) is 0.300. The molecule has 0 atom stereocenters. The van der Waals surface area contributed by atoms with Gasteiger partial charge in [-0.05, 0) is 43.2 Å². The molecule has 1 aromatic heterocycles. The molecule has 164 valence electrons. The Bertz CT molecular complexity index is 1220. The van der Waals surface area contributed by atoms with Crippen molar-refractivity contribution in [2.75, 3.05) is 20.2 Å². The van der Waals surface area contributed by atoms with Crippen LogP contribution in [-0.4, -0.2) is 50.0 Å². The number of carbonyl (C=O) groups excluding carboxylic acids is 1. The normalized spacial score (nSPS) is 15.8. The molecule has 0 spiro atoms. The molecule has 0 radical (unpaired) electrons. The van der Waals surface area contributed by atoms with Gasteiger partial charge in [0.1, 0.15) is 17.4 Å². The zero-order valence-corrected chi connectivity index (χ0v) is 18.0. The lowest BCUT2D eigenvalue weighted by molar-refractivity contribution is 0.0600. The third kappa shape index (κ3) is 4.39. The maximum absolute atomic E-state index is 13.8. The predicted octanol–water partition coefficient (Wildman–Crippen LogP) is 3.59. The summed E-state index contributed by atoms with van der Waals surface area (Å²) in [5, 5.41) is 0.221. The molecular formula is C20H18F2N2O5S2. The molecule has 1 aliphatic rings. The third-order valence-corrected chi connectivity index (χ3v) is 7.78. The van der Waals surface area contributed by atoms with E-state index in [0.29, 0.717) is 17.5 Å². The Morgan fingerprint density at radius 1 is 1.16 bits per heavy atom. The monoisotopic (exact) mass is 468 g/mol. The van der Waals surface area contributed by atoms with Gasteiger partial charge in [0.25, 0.3) is 5.19 Å². The van der Waals surface area contributed by atoms with Gasteiger partial charge in [-0.15, -0.1) is 0 Å². The molecule has 0 saturated carbocycles. The van der Waals surface area contributed by atoms with Crippen molar-refractivity contribution in [1.82, 2.24) is 9.29 Å². The molecule has 1 fully saturated rings. The number of halogens is 2. The maximum Gasteiger partial charge on any atom is 0.337 e. The van der Waals surface area contributed by atoms with Crippen LogP contribution in [0.3, 0.4) is 0 Å². The number of ether oxygens (including phenoxy) is 2. The average molecular weight is 469 g/mol. The standard InChI is InChI=1S/C20H18F2N2O5S2/c1-28-19(25)12-2-4-15(5-3-12)31(26,27)24-8-6-14(7-9-24)29-20-23-18-16(22)10-13(21)11-17(18)30-20/h2-5,10-11,14H,6-9H2,1H3. The van der Waals surface area contributed by atoms with Gasteiger partial charge in [-0.25, -0.2) is 22.0 Å². The van der Waals surface area contributed by atoms with Crippen molar-refractivity contribution >= 4 is 37.5 Å². The van der Waals surface area contributed by atoms with Gasteiger partial charge < -0.3 is 9.47 Å². The molecule has 4 rings (SSSR count). The second-order valence-electron chi connectivity index (χ2n) is 6.95. The van der Waals surface area contributed by atoms with Crippen LogP contribution >= 0.6 is 11.3 Å². The Kier molecular flexibility index (Phi) is 5.91. The van der Waals surface area contributed by atoms with E-state index >= 15 is 0 Å². The first-order valence-electron chi connectivity index (χ1n) is 9.38. The van der Waals surface area contributed by atoms with Crippen LogP contribution in [0.2, 0.25) is 0 Å². The number of nitrogens with zero attached hydrogens (tertiary/aromatic N) is 2. The van der Waals surface area contributed by atoms with Gasteiger partial charge in [-0.2, -0.15) is 9.29 Å². The number of aromatic nitrogens is 1. The van der Waals surface area contributed by atoms with Crippen molar-refractivity contribution in [3.8, 4) is 5.19 Å². The number of sulfonamides is 1. The minimum Gasteiger partial charge on any atom is -0.467 e. The molecule has 1 saturated heterocycles. The van der Waals surface area contributed by atoms with Crippen LogP contribution in [0, 0.1) is 11.6 Å². The number of hydrogen-bond donors (Lipinski definition) is 0. The molecular weight excluding hydrogens is 450 g/mol. The lowest BCUT2D eigenvalue weighted by Gasteiger charge is -2.30. The van der Waals surface area contributed by atoms with E-state index < -0.39 is 27.6 Å². The average Bonchev–Trinajstić information content (AvgIpc) is 3.16. The van der Waals surface area contributed by atoms with Crippen molar-refractivity contribution in [3.05, 3.63) is 53.6 Å². The molecule has 0 amide bonds. The number of carbonyl (C=O) groups is 1. The molecule has 0 bridgehead atoms. The summed E-state index contributed by atoms with van der Waals surface area (Å²) in [6.45, 7) is 0.472. The van der Waals surface area contributed by atoms with Crippen LogP contribution in [0.15, 0.2) is 41.3 Å². The van der Waals surface area contributed by atoms with E-state index in [1.165, 1.54) is 41.7 Å². The number of piperidine rings is 1. The van der Waals surface area contributed by atoms with E-state index in [-0.39, 0.29) is 40.4 Å². The molecule has 1 aliphatic heterocycles. The number of benzene rings is 2. The molecule has 3 aromatic rings. The summed E-state index contributed by atoms with van der Waals surface area (Å²) in [6, 6.07) is 7.53. The van der Waals surface area contributed by atoms with Gasteiger partial charge in [-0.1, -0.05) is 11.3 Å². The highest BCUT2D eigenvalue weighted by Gasteiger charge is 2.31. The van der Waals surface area contributed by atoms with Crippen LogP contribution in [0.5, 0.6) is 5.19 Å². The van der Waals surface area contributed by atoms with E-state index in [1.54, 1.807) is 0 Å². The number of methoxy groups -OCH3 is 1. The first-order chi connectivity index (χ1) is 14.8. The molecule has 0 unspecified atom stereocenters. The van der Waals surface area contributed by atoms with Crippen molar-refractivity contribution < 1.29 is 31.5 Å². The van der Waals surface area contributed by atoms with E-state index in [2.05, 4.69) is 9.72 Å². The first-order valence-corrected chi connectivity index (χ1v) is 11.6. The Labute approximate surface area is 181 Å². The van der Waals surface area contributed by atoms with E-state index in [9.17, 15) is 22.0 Å². The summed E-state index contributed by atoms with van der Waals surface area (Å²) in [6.07, 6.45) is 0.556. The van der Waals surface area contributed by atoms with Crippen molar-refractivity contribution in [2.24, 2.45) is 0 Å². The van der Waals surface area contributed by atoms with Crippen LogP contribution in [0.1, 0.15) is 23.2 Å². The fourth-order valence-electron chi connectivity index (χ4n) is 3.35. The zero-order valence-electron chi connectivity index (χ0n) is 16.4. The highest BCUT2D eigenvalue weighted by molar-refractivity contribution is 7.89.